The van der Waals surface area contributed by atoms with Gasteiger partial charge >= 0.3 is 5.97 Å². The summed E-state index contributed by atoms with van der Waals surface area (Å²) in [6.45, 7) is 1.99. The molecule has 2 aromatic carbocycles. The van der Waals surface area contributed by atoms with Crippen LogP contribution in [0.15, 0.2) is 42.6 Å². The van der Waals surface area contributed by atoms with E-state index in [0.29, 0.717) is 37.3 Å². The number of carbonyl (C=O) groups is 1. The van der Waals surface area contributed by atoms with Crippen LogP contribution in [0.3, 0.4) is 0 Å². The molecule has 0 spiro atoms. The summed E-state index contributed by atoms with van der Waals surface area (Å²) in [5.41, 5.74) is 2.04. The largest absolute Gasteiger partial charge is 0.462 e. The summed E-state index contributed by atoms with van der Waals surface area (Å²) in [6.07, 6.45) is 1.44. The Balaban J connectivity index is 2.23. The van der Waals surface area contributed by atoms with Crippen molar-refractivity contribution >= 4 is 63.0 Å². The van der Waals surface area contributed by atoms with Crippen LogP contribution in [0.25, 0.3) is 10.9 Å². The van der Waals surface area contributed by atoms with Crippen LogP contribution in [0.4, 0.5) is 11.4 Å². The molecule has 7 heteroatoms. The molecule has 0 unspecified atom stereocenters. The number of esters is 1. The number of nitrogens with zero attached hydrogens (tertiary/aromatic N) is 1. The van der Waals surface area contributed by atoms with Crippen molar-refractivity contribution in [3.8, 4) is 0 Å². The zero-order chi connectivity index (χ0) is 18.0. The van der Waals surface area contributed by atoms with Crippen molar-refractivity contribution < 1.29 is 9.53 Å². The predicted molar refractivity (Wildman–Crippen MR) is 102 cm³/mol. The third kappa shape index (κ3) is 3.82. The van der Waals surface area contributed by atoms with Gasteiger partial charge in [0.05, 0.1) is 22.8 Å². The Labute approximate surface area is 159 Å². The molecule has 1 N–H and O–H groups in total. The molecule has 1 heterocycles. The SMILES string of the molecule is CCOC(=O)c1cnc2cc(Cl)cc(Cl)c2c1Nc1cccc(Cl)c1. The summed E-state index contributed by atoms with van der Waals surface area (Å²) < 4.78 is 5.13. The van der Waals surface area contributed by atoms with E-state index in [1.807, 2.05) is 6.07 Å². The lowest BCUT2D eigenvalue weighted by Crippen LogP contribution is -2.09. The Kier molecular flexibility index (Phi) is 5.33. The van der Waals surface area contributed by atoms with E-state index in [1.54, 1.807) is 37.3 Å². The Morgan fingerprint density at radius 3 is 2.68 bits per heavy atom. The summed E-state index contributed by atoms with van der Waals surface area (Å²) in [6, 6.07) is 10.4. The molecule has 128 valence electrons. The van der Waals surface area contributed by atoms with E-state index in [4.69, 9.17) is 39.5 Å². The lowest BCUT2D eigenvalue weighted by atomic mass is 10.1. The number of hydrogen-bond acceptors (Lipinski definition) is 4. The highest BCUT2D eigenvalue weighted by molar-refractivity contribution is 6.39. The van der Waals surface area contributed by atoms with Crippen LogP contribution in [-0.2, 0) is 4.74 Å². The average molecular weight is 396 g/mol. The van der Waals surface area contributed by atoms with E-state index in [-0.39, 0.29) is 12.2 Å². The van der Waals surface area contributed by atoms with E-state index in [1.165, 1.54) is 6.20 Å². The highest BCUT2D eigenvalue weighted by Crippen LogP contribution is 2.36. The molecule has 0 radical (unpaired) electrons. The molecule has 1 aromatic heterocycles. The zero-order valence-electron chi connectivity index (χ0n) is 13.1. The van der Waals surface area contributed by atoms with Gasteiger partial charge in [-0.25, -0.2) is 4.79 Å². The molecule has 0 saturated carbocycles. The van der Waals surface area contributed by atoms with Gasteiger partial charge in [-0.05, 0) is 37.3 Å². The average Bonchev–Trinajstić information content (AvgIpc) is 2.54. The number of nitrogens with one attached hydrogen (secondary N) is 1. The molecule has 3 aromatic rings. The van der Waals surface area contributed by atoms with E-state index < -0.39 is 5.97 Å². The van der Waals surface area contributed by atoms with Crippen molar-refractivity contribution in [2.45, 2.75) is 6.92 Å². The zero-order valence-corrected chi connectivity index (χ0v) is 15.4. The fourth-order valence-electron chi connectivity index (χ4n) is 2.45. The molecule has 0 atom stereocenters. The first-order valence-electron chi connectivity index (χ1n) is 7.47. The third-order valence-electron chi connectivity index (χ3n) is 3.48. The Morgan fingerprint density at radius 2 is 1.96 bits per heavy atom. The van der Waals surface area contributed by atoms with Crippen molar-refractivity contribution in [3.63, 3.8) is 0 Å². The number of halogens is 3. The molecule has 0 aliphatic heterocycles. The lowest BCUT2D eigenvalue weighted by molar-refractivity contribution is 0.0527. The minimum absolute atomic E-state index is 0.252. The molecule has 0 aliphatic carbocycles. The molecule has 25 heavy (non-hydrogen) atoms. The molecular weight excluding hydrogens is 383 g/mol. The topological polar surface area (TPSA) is 51.2 Å². The second kappa shape index (κ2) is 7.48. The van der Waals surface area contributed by atoms with Crippen LogP contribution in [-0.4, -0.2) is 17.6 Å². The van der Waals surface area contributed by atoms with Gasteiger partial charge in [0.1, 0.15) is 5.56 Å². The number of rotatable bonds is 4. The standard InChI is InChI=1S/C18H13Cl3N2O2/c1-2-25-18(24)13-9-22-15-8-11(20)7-14(21)16(15)17(13)23-12-5-3-4-10(19)6-12/h3-9H,2H2,1H3,(H,22,23). The van der Waals surface area contributed by atoms with Gasteiger partial charge in [0.15, 0.2) is 0 Å². The van der Waals surface area contributed by atoms with Crippen LogP contribution in [0.1, 0.15) is 17.3 Å². The fourth-order valence-corrected chi connectivity index (χ4v) is 3.21. The first-order chi connectivity index (χ1) is 12.0. The number of benzene rings is 2. The van der Waals surface area contributed by atoms with Crippen LogP contribution < -0.4 is 5.32 Å². The Morgan fingerprint density at radius 1 is 1.16 bits per heavy atom. The molecule has 0 bridgehead atoms. The van der Waals surface area contributed by atoms with Crippen LogP contribution in [0, 0.1) is 0 Å². The van der Waals surface area contributed by atoms with Crippen molar-refractivity contribution in [1.82, 2.24) is 4.98 Å². The Bertz CT molecular complexity index is 960. The van der Waals surface area contributed by atoms with Crippen molar-refractivity contribution in [1.29, 1.82) is 0 Å². The summed E-state index contributed by atoms with van der Waals surface area (Å²) in [5.74, 6) is -0.493. The summed E-state index contributed by atoms with van der Waals surface area (Å²) in [5, 5.41) is 5.19. The van der Waals surface area contributed by atoms with E-state index in [9.17, 15) is 4.79 Å². The number of ether oxygens (including phenoxy) is 1. The van der Waals surface area contributed by atoms with Crippen LogP contribution in [0.5, 0.6) is 0 Å². The van der Waals surface area contributed by atoms with Gasteiger partial charge in [-0.2, -0.15) is 0 Å². The molecule has 3 rings (SSSR count). The van der Waals surface area contributed by atoms with E-state index >= 15 is 0 Å². The molecule has 4 nitrogen and oxygen atoms in total. The number of pyridine rings is 1. The van der Waals surface area contributed by atoms with Gasteiger partial charge in [0, 0.05) is 27.3 Å². The molecule has 0 aliphatic rings. The maximum Gasteiger partial charge on any atom is 0.341 e. The molecule has 0 amide bonds. The first-order valence-corrected chi connectivity index (χ1v) is 8.60. The van der Waals surface area contributed by atoms with Crippen molar-refractivity contribution in [2.75, 3.05) is 11.9 Å². The summed E-state index contributed by atoms with van der Waals surface area (Å²) in [7, 11) is 0. The number of anilines is 2. The minimum atomic E-state index is -0.493. The van der Waals surface area contributed by atoms with Crippen LogP contribution in [0.2, 0.25) is 15.1 Å². The number of hydrogen-bond donors (Lipinski definition) is 1. The predicted octanol–water partition coefficient (Wildman–Crippen LogP) is 6.12. The number of carbonyl (C=O) groups excluding carboxylic acids is 1. The highest BCUT2D eigenvalue weighted by Gasteiger charge is 2.19. The van der Waals surface area contributed by atoms with Gasteiger partial charge in [0.2, 0.25) is 0 Å². The Hall–Kier alpha value is -2.01. The minimum Gasteiger partial charge on any atom is -0.462 e. The van der Waals surface area contributed by atoms with Gasteiger partial charge in [0.25, 0.3) is 0 Å². The molecular formula is C18H13Cl3N2O2. The summed E-state index contributed by atoms with van der Waals surface area (Å²) >= 11 is 18.5. The van der Waals surface area contributed by atoms with Gasteiger partial charge in [-0.3, -0.25) is 4.98 Å². The maximum absolute atomic E-state index is 12.3. The third-order valence-corrected chi connectivity index (χ3v) is 4.23. The number of aromatic nitrogens is 1. The first kappa shape index (κ1) is 17.8. The smallest absolute Gasteiger partial charge is 0.341 e. The quantitative estimate of drug-likeness (QED) is 0.541. The van der Waals surface area contributed by atoms with Crippen molar-refractivity contribution in [2.24, 2.45) is 0 Å². The lowest BCUT2D eigenvalue weighted by Gasteiger charge is -2.15. The monoisotopic (exact) mass is 394 g/mol. The van der Waals surface area contributed by atoms with Gasteiger partial charge in [-0.1, -0.05) is 40.9 Å². The number of fused-ring (bicyclic) bond motifs is 1. The van der Waals surface area contributed by atoms with E-state index in [2.05, 4.69) is 10.3 Å². The van der Waals surface area contributed by atoms with Crippen molar-refractivity contribution in [3.05, 3.63) is 63.2 Å². The van der Waals surface area contributed by atoms with E-state index in [0.717, 1.165) is 0 Å². The maximum atomic E-state index is 12.3. The highest BCUT2D eigenvalue weighted by atomic mass is 35.5. The molecule has 0 fully saturated rings. The molecule has 0 saturated heterocycles. The van der Waals surface area contributed by atoms with Gasteiger partial charge < -0.3 is 10.1 Å². The second-order valence-corrected chi connectivity index (χ2v) is 6.46. The normalized spacial score (nSPS) is 10.7. The fraction of sp³-hybridized carbons (Fsp3) is 0.111. The van der Waals surface area contributed by atoms with Crippen LogP contribution >= 0.6 is 34.8 Å². The summed E-state index contributed by atoms with van der Waals surface area (Å²) in [4.78, 5) is 16.6. The van der Waals surface area contributed by atoms with Gasteiger partial charge in [-0.15, -0.1) is 0 Å². The second-order valence-electron chi connectivity index (χ2n) is 5.18.